The fourth-order valence-corrected chi connectivity index (χ4v) is 5.04. The zero-order chi connectivity index (χ0) is 24.9. The van der Waals surface area contributed by atoms with E-state index in [0.717, 1.165) is 10.4 Å². The summed E-state index contributed by atoms with van der Waals surface area (Å²) >= 11 is 5.78. The van der Waals surface area contributed by atoms with E-state index in [0.29, 0.717) is 17.9 Å². The van der Waals surface area contributed by atoms with Crippen LogP contribution in [-0.2, 0) is 14.8 Å². The van der Waals surface area contributed by atoms with Crippen LogP contribution in [0.1, 0.15) is 12.5 Å². The minimum Gasteiger partial charge on any atom is -0.495 e. The average molecular weight is 507 g/mol. The quantitative estimate of drug-likeness (QED) is 0.440. The summed E-state index contributed by atoms with van der Waals surface area (Å²) in [7, 11) is -2.86. The van der Waals surface area contributed by atoms with Gasteiger partial charge in [-0.1, -0.05) is 17.7 Å². The molecule has 7 nitrogen and oxygen atoms in total. The number of rotatable bonds is 9. The summed E-state index contributed by atoms with van der Waals surface area (Å²) in [5.74, 6) is -0.578. The number of aryl methyl sites for hydroxylation is 1. The van der Waals surface area contributed by atoms with Crippen LogP contribution < -0.4 is 19.1 Å². The van der Waals surface area contributed by atoms with Crippen molar-refractivity contribution in [3.63, 3.8) is 0 Å². The largest absolute Gasteiger partial charge is 0.495 e. The first-order chi connectivity index (χ1) is 16.1. The molecule has 0 bridgehead atoms. The SMILES string of the molecule is CCOc1ccc(N(CC(=O)Nc2ccc(F)c(Cl)c2)S(=O)(=O)c2cc(C)ccc2OC)cc1. The average Bonchev–Trinajstić information content (AvgIpc) is 2.80. The zero-order valence-corrected chi connectivity index (χ0v) is 20.4. The zero-order valence-electron chi connectivity index (χ0n) is 18.8. The van der Waals surface area contributed by atoms with Gasteiger partial charge in [0.25, 0.3) is 10.0 Å². The van der Waals surface area contributed by atoms with Gasteiger partial charge >= 0.3 is 0 Å². The van der Waals surface area contributed by atoms with Crippen LogP contribution in [0.15, 0.2) is 65.6 Å². The minimum atomic E-state index is -4.23. The molecule has 0 aromatic heterocycles. The van der Waals surface area contributed by atoms with Gasteiger partial charge in [-0.05, 0) is 74.0 Å². The van der Waals surface area contributed by atoms with Gasteiger partial charge in [0.2, 0.25) is 5.91 Å². The Morgan fingerprint density at radius 3 is 2.41 bits per heavy atom. The lowest BCUT2D eigenvalue weighted by Gasteiger charge is -2.25. The van der Waals surface area contributed by atoms with Gasteiger partial charge < -0.3 is 14.8 Å². The van der Waals surface area contributed by atoms with Crippen molar-refractivity contribution < 1.29 is 27.1 Å². The second-order valence-corrected chi connectivity index (χ2v) is 9.51. The second-order valence-electron chi connectivity index (χ2n) is 7.27. The highest BCUT2D eigenvalue weighted by atomic mass is 35.5. The molecule has 0 spiro atoms. The minimum absolute atomic E-state index is 0.0819. The summed E-state index contributed by atoms with van der Waals surface area (Å²) in [6.45, 7) is 3.48. The van der Waals surface area contributed by atoms with Gasteiger partial charge in [-0.15, -0.1) is 0 Å². The number of halogens is 2. The van der Waals surface area contributed by atoms with E-state index >= 15 is 0 Å². The number of ether oxygens (including phenoxy) is 2. The molecule has 0 heterocycles. The highest BCUT2D eigenvalue weighted by Crippen LogP contribution is 2.32. The van der Waals surface area contributed by atoms with E-state index in [2.05, 4.69) is 5.32 Å². The predicted octanol–water partition coefficient (Wildman–Crippen LogP) is 5.03. The molecule has 1 N–H and O–H groups in total. The van der Waals surface area contributed by atoms with Crippen molar-refractivity contribution in [3.8, 4) is 11.5 Å². The van der Waals surface area contributed by atoms with E-state index in [4.69, 9.17) is 21.1 Å². The number of nitrogens with zero attached hydrogens (tertiary/aromatic N) is 1. The number of carbonyl (C=O) groups excluding carboxylic acids is 1. The molecule has 3 aromatic carbocycles. The number of carbonyl (C=O) groups is 1. The lowest BCUT2D eigenvalue weighted by molar-refractivity contribution is -0.114. The lowest BCUT2D eigenvalue weighted by Crippen LogP contribution is -2.38. The maximum atomic E-state index is 13.7. The number of hydrogen-bond acceptors (Lipinski definition) is 5. The highest BCUT2D eigenvalue weighted by molar-refractivity contribution is 7.93. The monoisotopic (exact) mass is 506 g/mol. The number of nitrogens with one attached hydrogen (secondary N) is 1. The summed E-state index contributed by atoms with van der Waals surface area (Å²) in [5.41, 5.74) is 1.18. The van der Waals surface area contributed by atoms with Crippen LogP contribution in [0.4, 0.5) is 15.8 Å². The molecule has 0 fully saturated rings. The van der Waals surface area contributed by atoms with Gasteiger partial charge in [0.1, 0.15) is 28.8 Å². The molecule has 1 amide bonds. The first-order valence-electron chi connectivity index (χ1n) is 10.3. The van der Waals surface area contributed by atoms with E-state index in [1.54, 1.807) is 43.3 Å². The van der Waals surface area contributed by atoms with Gasteiger partial charge in [0, 0.05) is 5.69 Å². The molecular weight excluding hydrogens is 483 g/mol. The highest BCUT2D eigenvalue weighted by Gasteiger charge is 2.30. The molecular formula is C24H24ClFN2O5S. The van der Waals surface area contributed by atoms with Crippen molar-refractivity contribution in [1.29, 1.82) is 0 Å². The summed E-state index contributed by atoms with van der Waals surface area (Å²) in [6.07, 6.45) is 0. The van der Waals surface area contributed by atoms with Gasteiger partial charge in [0.05, 0.1) is 24.4 Å². The lowest BCUT2D eigenvalue weighted by atomic mass is 10.2. The van der Waals surface area contributed by atoms with Crippen LogP contribution in [0, 0.1) is 12.7 Å². The van der Waals surface area contributed by atoms with E-state index < -0.39 is 28.3 Å². The van der Waals surface area contributed by atoms with Crippen LogP contribution in [0.5, 0.6) is 11.5 Å². The smallest absolute Gasteiger partial charge is 0.268 e. The topological polar surface area (TPSA) is 84.9 Å². The maximum absolute atomic E-state index is 13.7. The van der Waals surface area contributed by atoms with Crippen molar-refractivity contribution in [2.24, 2.45) is 0 Å². The van der Waals surface area contributed by atoms with Crippen molar-refractivity contribution in [2.75, 3.05) is 29.9 Å². The number of methoxy groups -OCH3 is 1. The molecule has 0 atom stereocenters. The molecule has 0 aliphatic carbocycles. The Labute approximate surface area is 203 Å². The molecule has 180 valence electrons. The third-order valence-corrected chi connectivity index (χ3v) is 6.90. The van der Waals surface area contributed by atoms with Crippen LogP contribution in [0.2, 0.25) is 5.02 Å². The first kappa shape index (κ1) is 25.3. The van der Waals surface area contributed by atoms with Crippen LogP contribution in [-0.4, -0.2) is 34.6 Å². The van der Waals surface area contributed by atoms with E-state index in [9.17, 15) is 17.6 Å². The summed E-state index contributed by atoms with van der Waals surface area (Å²) < 4.78 is 52.6. The van der Waals surface area contributed by atoms with E-state index in [1.807, 2.05) is 6.92 Å². The van der Waals surface area contributed by atoms with Crippen LogP contribution >= 0.6 is 11.6 Å². The third-order valence-electron chi connectivity index (χ3n) is 4.81. The Bertz CT molecular complexity index is 1280. The number of hydrogen-bond donors (Lipinski definition) is 1. The Morgan fingerprint density at radius 1 is 1.09 bits per heavy atom. The molecule has 34 heavy (non-hydrogen) atoms. The molecule has 3 aromatic rings. The molecule has 0 aliphatic rings. The summed E-state index contributed by atoms with van der Waals surface area (Å²) in [5, 5.41) is 2.39. The van der Waals surface area contributed by atoms with Crippen molar-refractivity contribution in [1.82, 2.24) is 0 Å². The van der Waals surface area contributed by atoms with Gasteiger partial charge in [-0.25, -0.2) is 12.8 Å². The van der Waals surface area contributed by atoms with Gasteiger partial charge in [-0.2, -0.15) is 0 Å². The van der Waals surface area contributed by atoms with Crippen LogP contribution in [0.25, 0.3) is 0 Å². The summed E-state index contributed by atoms with van der Waals surface area (Å²) in [6, 6.07) is 14.8. The second kappa shape index (κ2) is 10.8. The standard InChI is InChI=1S/C24H24ClFN2O5S/c1-4-33-19-9-7-18(8-10-19)28(15-24(29)27-17-6-11-21(26)20(25)14-17)34(30,31)23-13-16(2)5-12-22(23)32-3/h5-14H,4,15H2,1-3H3,(H,27,29). The fraction of sp³-hybridized carbons (Fsp3) is 0.208. The normalized spacial score (nSPS) is 11.1. The summed E-state index contributed by atoms with van der Waals surface area (Å²) in [4.78, 5) is 12.8. The van der Waals surface area contributed by atoms with E-state index in [1.165, 1.54) is 25.3 Å². The first-order valence-corrected chi connectivity index (χ1v) is 12.1. The number of benzene rings is 3. The maximum Gasteiger partial charge on any atom is 0.268 e. The molecule has 10 heteroatoms. The Morgan fingerprint density at radius 2 is 1.79 bits per heavy atom. The Hall–Kier alpha value is -3.30. The van der Waals surface area contributed by atoms with Crippen molar-refractivity contribution >= 4 is 38.9 Å². The van der Waals surface area contributed by atoms with Crippen molar-refractivity contribution in [2.45, 2.75) is 18.7 Å². The molecule has 0 radical (unpaired) electrons. The third kappa shape index (κ3) is 5.78. The van der Waals surface area contributed by atoms with Crippen molar-refractivity contribution in [3.05, 3.63) is 77.1 Å². The van der Waals surface area contributed by atoms with Gasteiger partial charge in [-0.3, -0.25) is 9.10 Å². The number of sulfonamides is 1. The Balaban J connectivity index is 2.00. The molecule has 3 rings (SSSR count). The number of amides is 1. The molecule has 0 unspecified atom stereocenters. The molecule has 0 aliphatic heterocycles. The van der Waals surface area contributed by atoms with E-state index in [-0.39, 0.29) is 27.0 Å². The predicted molar refractivity (Wildman–Crippen MR) is 130 cm³/mol. The van der Waals surface area contributed by atoms with Gasteiger partial charge in [0.15, 0.2) is 0 Å². The van der Waals surface area contributed by atoms with Crippen LogP contribution in [0.3, 0.4) is 0 Å². The Kier molecular flexibility index (Phi) is 8.01. The number of anilines is 2. The fourth-order valence-electron chi connectivity index (χ4n) is 3.20. The molecule has 0 saturated carbocycles. The molecule has 0 saturated heterocycles.